The molecule has 0 bridgehead atoms. The van der Waals surface area contributed by atoms with E-state index in [0.717, 1.165) is 37.3 Å². The number of nitrogens with one attached hydrogen (secondary N) is 1. The third kappa shape index (κ3) is 1.55. The van der Waals surface area contributed by atoms with E-state index >= 15 is 0 Å². The highest BCUT2D eigenvalue weighted by Gasteiger charge is 2.16. The molecule has 0 saturated carbocycles. The molecule has 1 aliphatic rings. The van der Waals surface area contributed by atoms with Crippen LogP contribution >= 0.6 is 0 Å². The van der Waals surface area contributed by atoms with Gasteiger partial charge in [-0.2, -0.15) is 0 Å². The zero-order chi connectivity index (χ0) is 11.0. The molecule has 0 spiro atoms. The Balaban J connectivity index is 2.03. The first-order valence-electron chi connectivity index (χ1n) is 5.40. The van der Waals surface area contributed by atoms with Crippen LogP contribution in [0.3, 0.4) is 0 Å². The Morgan fingerprint density at radius 1 is 1.31 bits per heavy atom. The summed E-state index contributed by atoms with van der Waals surface area (Å²) >= 11 is 0. The van der Waals surface area contributed by atoms with Gasteiger partial charge in [0.2, 0.25) is 0 Å². The Kier molecular flexibility index (Phi) is 2.29. The van der Waals surface area contributed by atoms with Gasteiger partial charge in [-0.1, -0.05) is 0 Å². The SMILES string of the molecule is Fc1ccc2c(N3CCNCC3)[c]oc2c1. The Morgan fingerprint density at radius 3 is 2.94 bits per heavy atom. The number of furan rings is 1. The highest BCUT2D eigenvalue weighted by atomic mass is 19.1. The predicted octanol–water partition coefficient (Wildman–Crippen LogP) is 1.78. The summed E-state index contributed by atoms with van der Waals surface area (Å²) in [6, 6.07) is 4.61. The molecule has 0 atom stereocenters. The fourth-order valence-electron chi connectivity index (χ4n) is 2.06. The summed E-state index contributed by atoms with van der Waals surface area (Å²) in [6.45, 7) is 3.79. The molecule has 0 aliphatic carbocycles. The Hall–Kier alpha value is -1.55. The summed E-state index contributed by atoms with van der Waals surface area (Å²) in [7, 11) is 0. The maximum Gasteiger partial charge on any atom is 0.196 e. The number of nitrogens with zero attached hydrogens (tertiary/aromatic N) is 1. The van der Waals surface area contributed by atoms with Crippen molar-refractivity contribution in [2.75, 3.05) is 31.1 Å². The van der Waals surface area contributed by atoms with Crippen LogP contribution < -0.4 is 10.2 Å². The van der Waals surface area contributed by atoms with Gasteiger partial charge in [-0.15, -0.1) is 0 Å². The number of hydrogen-bond donors (Lipinski definition) is 1. The van der Waals surface area contributed by atoms with E-state index in [-0.39, 0.29) is 5.82 Å². The summed E-state index contributed by atoms with van der Waals surface area (Å²) in [5.41, 5.74) is 1.50. The van der Waals surface area contributed by atoms with Crippen molar-refractivity contribution in [2.24, 2.45) is 0 Å². The number of fused-ring (bicyclic) bond motifs is 1. The highest BCUT2D eigenvalue weighted by molar-refractivity contribution is 5.90. The molecule has 2 heterocycles. The van der Waals surface area contributed by atoms with Crippen molar-refractivity contribution < 1.29 is 8.81 Å². The number of hydrogen-bond acceptors (Lipinski definition) is 3. The second kappa shape index (κ2) is 3.79. The van der Waals surface area contributed by atoms with Crippen LogP contribution in [0.25, 0.3) is 11.0 Å². The first-order chi connectivity index (χ1) is 7.84. The molecule has 3 nitrogen and oxygen atoms in total. The highest BCUT2D eigenvalue weighted by Crippen LogP contribution is 2.29. The molecule has 1 radical (unpaired) electrons. The lowest BCUT2D eigenvalue weighted by Gasteiger charge is -2.28. The molecule has 0 unspecified atom stereocenters. The summed E-state index contributed by atoms with van der Waals surface area (Å²) in [5.74, 6) is -0.276. The Labute approximate surface area is 92.8 Å². The fourth-order valence-corrected chi connectivity index (χ4v) is 2.06. The van der Waals surface area contributed by atoms with Crippen LogP contribution in [0.5, 0.6) is 0 Å². The first kappa shape index (κ1) is 9.66. The monoisotopic (exact) mass is 219 g/mol. The van der Waals surface area contributed by atoms with E-state index in [9.17, 15) is 4.39 Å². The van der Waals surface area contributed by atoms with Crippen LogP contribution in [0.15, 0.2) is 22.6 Å². The minimum Gasteiger partial charge on any atom is -0.450 e. The Bertz CT molecular complexity index is 503. The molecule has 16 heavy (non-hydrogen) atoms. The molecule has 1 aromatic carbocycles. The second-order valence-electron chi connectivity index (χ2n) is 3.93. The van der Waals surface area contributed by atoms with Gasteiger partial charge in [-0.25, -0.2) is 4.39 Å². The smallest absolute Gasteiger partial charge is 0.196 e. The van der Waals surface area contributed by atoms with Crippen molar-refractivity contribution in [3.05, 3.63) is 30.3 Å². The van der Waals surface area contributed by atoms with E-state index in [4.69, 9.17) is 4.42 Å². The molecule has 3 rings (SSSR count). The van der Waals surface area contributed by atoms with Gasteiger partial charge in [0.15, 0.2) is 6.26 Å². The molecule has 1 aromatic heterocycles. The van der Waals surface area contributed by atoms with Gasteiger partial charge < -0.3 is 14.6 Å². The molecule has 0 amide bonds. The van der Waals surface area contributed by atoms with Crippen molar-refractivity contribution >= 4 is 16.7 Å². The summed E-state index contributed by atoms with van der Waals surface area (Å²) in [6.07, 6.45) is 2.87. The zero-order valence-corrected chi connectivity index (χ0v) is 8.79. The predicted molar refractivity (Wildman–Crippen MR) is 60.1 cm³/mol. The molecule has 1 aliphatic heterocycles. The average Bonchev–Trinajstić information content (AvgIpc) is 2.73. The second-order valence-corrected chi connectivity index (χ2v) is 3.93. The third-order valence-electron chi connectivity index (χ3n) is 2.89. The van der Waals surface area contributed by atoms with Gasteiger partial charge in [0.05, 0.1) is 5.69 Å². The largest absolute Gasteiger partial charge is 0.450 e. The van der Waals surface area contributed by atoms with Gasteiger partial charge in [-0.05, 0) is 12.1 Å². The number of anilines is 1. The van der Waals surface area contributed by atoms with Gasteiger partial charge in [0, 0.05) is 37.6 Å². The minimum absolute atomic E-state index is 0.276. The van der Waals surface area contributed by atoms with Crippen molar-refractivity contribution in [1.29, 1.82) is 0 Å². The van der Waals surface area contributed by atoms with Crippen LogP contribution in [0.4, 0.5) is 10.1 Å². The lowest BCUT2D eigenvalue weighted by Crippen LogP contribution is -2.43. The first-order valence-corrected chi connectivity index (χ1v) is 5.40. The Morgan fingerprint density at radius 2 is 2.12 bits per heavy atom. The van der Waals surface area contributed by atoms with E-state index < -0.39 is 0 Å². The van der Waals surface area contributed by atoms with E-state index in [1.54, 1.807) is 6.07 Å². The summed E-state index contributed by atoms with van der Waals surface area (Å²) < 4.78 is 18.2. The van der Waals surface area contributed by atoms with E-state index in [1.807, 2.05) is 0 Å². The maximum atomic E-state index is 13.0. The van der Waals surface area contributed by atoms with Crippen LogP contribution in [-0.2, 0) is 0 Å². The van der Waals surface area contributed by atoms with Crippen molar-refractivity contribution in [3.8, 4) is 0 Å². The molecule has 4 heteroatoms. The van der Waals surface area contributed by atoms with Gasteiger partial charge >= 0.3 is 0 Å². The summed E-state index contributed by atoms with van der Waals surface area (Å²) in [5, 5.41) is 4.22. The van der Waals surface area contributed by atoms with Gasteiger partial charge in [0.1, 0.15) is 11.4 Å². The molecular formula is C12H12FN2O. The molecule has 2 aromatic rings. The molecule has 1 fully saturated rings. The average molecular weight is 219 g/mol. The topological polar surface area (TPSA) is 28.4 Å². The normalized spacial score (nSPS) is 16.9. The van der Waals surface area contributed by atoms with Crippen LogP contribution in [-0.4, -0.2) is 26.2 Å². The van der Waals surface area contributed by atoms with Crippen LogP contribution in [0, 0.1) is 12.1 Å². The van der Waals surface area contributed by atoms with Crippen LogP contribution in [0.2, 0.25) is 0 Å². The molecule has 83 valence electrons. The standard InChI is InChI=1S/C12H12FN2O/c13-9-1-2-10-11(8-16-12(10)7-9)15-5-3-14-4-6-15/h1-2,7,14H,3-6H2. The van der Waals surface area contributed by atoms with Crippen molar-refractivity contribution in [3.63, 3.8) is 0 Å². The van der Waals surface area contributed by atoms with Crippen molar-refractivity contribution in [2.45, 2.75) is 0 Å². The van der Waals surface area contributed by atoms with Crippen molar-refractivity contribution in [1.82, 2.24) is 5.32 Å². The molecular weight excluding hydrogens is 207 g/mol. The minimum atomic E-state index is -0.276. The number of benzene rings is 1. The van der Waals surface area contributed by atoms with E-state index in [2.05, 4.69) is 16.5 Å². The fraction of sp³-hybridized carbons (Fsp3) is 0.333. The van der Waals surface area contributed by atoms with Gasteiger partial charge in [0.25, 0.3) is 0 Å². The van der Waals surface area contributed by atoms with Gasteiger partial charge in [-0.3, -0.25) is 0 Å². The number of rotatable bonds is 1. The van der Waals surface area contributed by atoms with Crippen LogP contribution in [0.1, 0.15) is 0 Å². The number of halogens is 1. The van der Waals surface area contributed by atoms with E-state index in [1.165, 1.54) is 12.1 Å². The summed E-state index contributed by atoms with van der Waals surface area (Å²) in [4.78, 5) is 2.21. The molecule has 1 N–H and O–H groups in total. The van der Waals surface area contributed by atoms with E-state index in [0.29, 0.717) is 5.58 Å². The number of piperazine rings is 1. The lowest BCUT2D eigenvalue weighted by atomic mass is 10.2. The third-order valence-corrected chi connectivity index (χ3v) is 2.89. The zero-order valence-electron chi connectivity index (χ0n) is 8.79. The lowest BCUT2D eigenvalue weighted by molar-refractivity contribution is 0.572. The molecule has 1 saturated heterocycles. The quantitative estimate of drug-likeness (QED) is 0.792. The maximum absolute atomic E-state index is 13.0.